The molecule has 0 saturated heterocycles. The first kappa shape index (κ1) is 17.9. The summed E-state index contributed by atoms with van der Waals surface area (Å²) in [6.07, 6.45) is 0. The summed E-state index contributed by atoms with van der Waals surface area (Å²) < 4.78 is 1.23. The van der Waals surface area contributed by atoms with Crippen LogP contribution in [0.15, 0.2) is 53.3 Å². The van der Waals surface area contributed by atoms with Gasteiger partial charge in [0.25, 0.3) is 5.56 Å². The molecule has 1 heterocycles. The van der Waals surface area contributed by atoms with Crippen LogP contribution in [0.25, 0.3) is 10.8 Å². The standard InChI is InChI=1S/C21H23N3O2/c1-14-15-9-5-6-10-16(15)20(26)24(23-14)13-19(25)22-18-12-8-7-11-17(18)21(2,3)4/h5-12H,13H2,1-4H3,(H,22,25). The topological polar surface area (TPSA) is 64.0 Å². The molecule has 2 aromatic carbocycles. The first-order chi connectivity index (χ1) is 12.3. The maximum Gasteiger partial charge on any atom is 0.275 e. The molecule has 3 aromatic rings. The lowest BCUT2D eigenvalue weighted by Gasteiger charge is -2.23. The fourth-order valence-electron chi connectivity index (χ4n) is 3.08. The molecule has 1 N–H and O–H groups in total. The van der Waals surface area contributed by atoms with Crippen LogP contribution in [0.1, 0.15) is 32.0 Å². The molecule has 5 heteroatoms. The SMILES string of the molecule is Cc1nn(CC(=O)Nc2ccccc2C(C)(C)C)c(=O)c2ccccc12. The number of fused-ring (bicyclic) bond motifs is 1. The predicted molar refractivity (Wildman–Crippen MR) is 105 cm³/mol. The van der Waals surface area contributed by atoms with Gasteiger partial charge in [-0.2, -0.15) is 5.10 Å². The van der Waals surface area contributed by atoms with Crippen molar-refractivity contribution in [2.75, 3.05) is 5.32 Å². The normalized spacial score (nSPS) is 11.5. The van der Waals surface area contributed by atoms with Gasteiger partial charge in [0, 0.05) is 11.1 Å². The van der Waals surface area contributed by atoms with Crippen LogP contribution in [0, 0.1) is 6.92 Å². The second-order valence-corrected chi connectivity index (χ2v) is 7.44. The fourth-order valence-corrected chi connectivity index (χ4v) is 3.08. The van der Waals surface area contributed by atoms with Crippen LogP contribution in [0.5, 0.6) is 0 Å². The van der Waals surface area contributed by atoms with Crippen molar-refractivity contribution in [1.82, 2.24) is 9.78 Å². The lowest BCUT2D eigenvalue weighted by molar-refractivity contribution is -0.117. The van der Waals surface area contributed by atoms with E-state index in [1.165, 1.54) is 4.68 Å². The minimum Gasteiger partial charge on any atom is -0.324 e. The Morgan fingerprint density at radius 2 is 1.65 bits per heavy atom. The highest BCUT2D eigenvalue weighted by Crippen LogP contribution is 2.29. The molecule has 0 aliphatic heterocycles. The predicted octanol–water partition coefficient (Wildman–Crippen LogP) is 3.64. The number of aryl methyl sites for hydroxylation is 1. The minimum absolute atomic E-state index is 0.0987. The Morgan fingerprint density at radius 1 is 1.04 bits per heavy atom. The summed E-state index contributed by atoms with van der Waals surface area (Å²) in [7, 11) is 0. The molecule has 0 unspecified atom stereocenters. The molecule has 0 fully saturated rings. The number of para-hydroxylation sites is 1. The highest BCUT2D eigenvalue weighted by Gasteiger charge is 2.19. The van der Waals surface area contributed by atoms with E-state index in [1.54, 1.807) is 6.07 Å². The summed E-state index contributed by atoms with van der Waals surface area (Å²) in [4.78, 5) is 25.2. The molecule has 0 bridgehead atoms. The maximum atomic E-state index is 12.6. The van der Waals surface area contributed by atoms with Gasteiger partial charge >= 0.3 is 0 Å². The summed E-state index contributed by atoms with van der Waals surface area (Å²) in [5.74, 6) is -0.272. The van der Waals surface area contributed by atoms with Crippen molar-refractivity contribution in [3.05, 3.63) is 70.1 Å². The van der Waals surface area contributed by atoms with Gasteiger partial charge in [-0.15, -0.1) is 0 Å². The third-order valence-electron chi connectivity index (χ3n) is 4.35. The zero-order valence-corrected chi connectivity index (χ0v) is 15.5. The number of aromatic nitrogens is 2. The number of nitrogens with one attached hydrogen (secondary N) is 1. The summed E-state index contributed by atoms with van der Waals surface area (Å²) in [5, 5.41) is 8.60. The van der Waals surface area contributed by atoms with Crippen LogP contribution in [0.2, 0.25) is 0 Å². The van der Waals surface area contributed by atoms with Crippen molar-refractivity contribution in [3.63, 3.8) is 0 Å². The van der Waals surface area contributed by atoms with Crippen molar-refractivity contribution >= 4 is 22.4 Å². The Morgan fingerprint density at radius 3 is 2.35 bits per heavy atom. The van der Waals surface area contributed by atoms with E-state index < -0.39 is 0 Å². The first-order valence-corrected chi connectivity index (χ1v) is 8.63. The largest absolute Gasteiger partial charge is 0.324 e. The van der Waals surface area contributed by atoms with Crippen molar-refractivity contribution in [1.29, 1.82) is 0 Å². The number of rotatable bonds is 3. The number of anilines is 1. The van der Waals surface area contributed by atoms with E-state index in [-0.39, 0.29) is 23.4 Å². The molecule has 0 atom stereocenters. The average molecular weight is 349 g/mol. The van der Waals surface area contributed by atoms with Crippen LogP contribution in [0.4, 0.5) is 5.69 Å². The molecule has 134 valence electrons. The summed E-state index contributed by atoms with van der Waals surface area (Å²) >= 11 is 0. The molecule has 1 aromatic heterocycles. The maximum absolute atomic E-state index is 12.6. The van der Waals surface area contributed by atoms with Gasteiger partial charge in [-0.25, -0.2) is 4.68 Å². The summed E-state index contributed by atoms with van der Waals surface area (Å²) in [6, 6.07) is 15.0. The van der Waals surface area contributed by atoms with Crippen LogP contribution in [-0.4, -0.2) is 15.7 Å². The van der Waals surface area contributed by atoms with Gasteiger partial charge in [-0.1, -0.05) is 57.2 Å². The Balaban J connectivity index is 1.90. The van der Waals surface area contributed by atoms with Crippen LogP contribution in [-0.2, 0) is 16.8 Å². The average Bonchev–Trinajstić information content (AvgIpc) is 2.59. The van der Waals surface area contributed by atoms with Gasteiger partial charge in [0.2, 0.25) is 5.91 Å². The van der Waals surface area contributed by atoms with Gasteiger partial charge in [0.05, 0.1) is 11.1 Å². The second kappa shape index (κ2) is 6.75. The molecule has 26 heavy (non-hydrogen) atoms. The molecule has 1 amide bonds. The molecule has 5 nitrogen and oxygen atoms in total. The Labute approximate surface area is 152 Å². The fraction of sp³-hybridized carbons (Fsp3) is 0.286. The van der Waals surface area contributed by atoms with E-state index in [0.717, 1.165) is 22.3 Å². The highest BCUT2D eigenvalue weighted by atomic mass is 16.2. The first-order valence-electron chi connectivity index (χ1n) is 8.63. The van der Waals surface area contributed by atoms with E-state index in [4.69, 9.17) is 0 Å². The smallest absolute Gasteiger partial charge is 0.275 e. The molecule has 0 radical (unpaired) electrons. The van der Waals surface area contributed by atoms with Crippen LogP contribution < -0.4 is 10.9 Å². The summed E-state index contributed by atoms with van der Waals surface area (Å²) in [6.45, 7) is 8.00. The van der Waals surface area contributed by atoms with E-state index in [1.807, 2.05) is 49.4 Å². The van der Waals surface area contributed by atoms with Crippen molar-refractivity contribution in [3.8, 4) is 0 Å². The molecule has 0 aliphatic rings. The van der Waals surface area contributed by atoms with Crippen LogP contribution >= 0.6 is 0 Å². The Hall–Kier alpha value is -2.95. The van der Waals surface area contributed by atoms with E-state index in [0.29, 0.717) is 5.39 Å². The van der Waals surface area contributed by atoms with Gasteiger partial charge in [0.1, 0.15) is 6.54 Å². The molecule has 3 rings (SSSR count). The number of carbonyl (C=O) groups is 1. The lowest BCUT2D eigenvalue weighted by atomic mass is 9.86. The van der Waals surface area contributed by atoms with Gasteiger partial charge in [-0.05, 0) is 30.0 Å². The van der Waals surface area contributed by atoms with Gasteiger partial charge < -0.3 is 5.32 Å². The molecular formula is C21H23N3O2. The zero-order valence-electron chi connectivity index (χ0n) is 15.5. The van der Waals surface area contributed by atoms with Crippen LogP contribution in [0.3, 0.4) is 0 Å². The summed E-state index contributed by atoms with van der Waals surface area (Å²) in [5.41, 5.74) is 2.17. The number of amides is 1. The van der Waals surface area contributed by atoms with Gasteiger partial charge in [0.15, 0.2) is 0 Å². The third-order valence-corrected chi connectivity index (χ3v) is 4.35. The minimum atomic E-state index is -0.272. The third kappa shape index (κ3) is 3.52. The second-order valence-electron chi connectivity index (χ2n) is 7.44. The van der Waals surface area contributed by atoms with E-state index >= 15 is 0 Å². The number of hydrogen-bond donors (Lipinski definition) is 1. The molecular weight excluding hydrogens is 326 g/mol. The number of benzene rings is 2. The number of hydrogen-bond acceptors (Lipinski definition) is 3. The van der Waals surface area contributed by atoms with Gasteiger partial charge in [-0.3, -0.25) is 9.59 Å². The Bertz CT molecular complexity index is 1030. The zero-order chi connectivity index (χ0) is 18.9. The molecule has 0 spiro atoms. The Kier molecular flexibility index (Phi) is 4.64. The highest BCUT2D eigenvalue weighted by molar-refractivity contribution is 5.92. The monoisotopic (exact) mass is 349 g/mol. The van der Waals surface area contributed by atoms with Crippen molar-refractivity contribution < 1.29 is 4.79 Å². The quantitative estimate of drug-likeness (QED) is 0.785. The van der Waals surface area contributed by atoms with Crippen molar-refractivity contribution in [2.45, 2.75) is 39.7 Å². The lowest BCUT2D eigenvalue weighted by Crippen LogP contribution is -2.31. The number of carbonyl (C=O) groups excluding carboxylic acids is 1. The molecule has 0 aliphatic carbocycles. The van der Waals surface area contributed by atoms with E-state index in [9.17, 15) is 9.59 Å². The van der Waals surface area contributed by atoms with Crippen molar-refractivity contribution in [2.24, 2.45) is 0 Å². The van der Waals surface area contributed by atoms with E-state index in [2.05, 4.69) is 31.2 Å². The number of nitrogens with zero attached hydrogens (tertiary/aromatic N) is 2. The molecule has 0 saturated carbocycles.